The summed E-state index contributed by atoms with van der Waals surface area (Å²) in [5, 5.41) is 7.67. The van der Waals surface area contributed by atoms with Crippen LogP contribution in [0.3, 0.4) is 0 Å². The standard InChI is InChI=1S/C21H24N4O2/c1-21(2,3)19(25-14-22-13-23-25)15-5-9-17(10-6-15)24-18-11-7-16(8-12-18)20(26)27-4/h5-14,19,24H,1-4H3. The molecule has 0 aliphatic heterocycles. The normalized spacial score (nSPS) is 12.4. The summed E-state index contributed by atoms with van der Waals surface area (Å²) in [6.45, 7) is 6.57. The van der Waals surface area contributed by atoms with E-state index in [-0.39, 0.29) is 17.4 Å². The van der Waals surface area contributed by atoms with E-state index in [9.17, 15) is 4.79 Å². The number of aromatic nitrogens is 3. The maximum Gasteiger partial charge on any atom is 0.337 e. The summed E-state index contributed by atoms with van der Waals surface area (Å²) in [7, 11) is 1.38. The van der Waals surface area contributed by atoms with Crippen LogP contribution in [0.15, 0.2) is 61.2 Å². The van der Waals surface area contributed by atoms with Gasteiger partial charge in [0.15, 0.2) is 0 Å². The van der Waals surface area contributed by atoms with E-state index >= 15 is 0 Å². The smallest absolute Gasteiger partial charge is 0.337 e. The molecule has 0 radical (unpaired) electrons. The Morgan fingerprint density at radius 1 is 1.04 bits per heavy atom. The van der Waals surface area contributed by atoms with Crippen molar-refractivity contribution < 1.29 is 9.53 Å². The lowest BCUT2D eigenvalue weighted by Gasteiger charge is -2.31. The Labute approximate surface area is 159 Å². The molecule has 1 N–H and O–H groups in total. The molecule has 3 rings (SSSR count). The first-order valence-electron chi connectivity index (χ1n) is 8.78. The molecule has 2 aromatic carbocycles. The summed E-state index contributed by atoms with van der Waals surface area (Å²) < 4.78 is 6.61. The number of nitrogens with zero attached hydrogens (tertiary/aromatic N) is 3. The average molecular weight is 364 g/mol. The minimum Gasteiger partial charge on any atom is -0.465 e. The second-order valence-electron chi connectivity index (χ2n) is 7.46. The van der Waals surface area contributed by atoms with Gasteiger partial charge in [-0.1, -0.05) is 32.9 Å². The van der Waals surface area contributed by atoms with Gasteiger partial charge in [-0.2, -0.15) is 5.10 Å². The zero-order chi connectivity index (χ0) is 19.4. The van der Waals surface area contributed by atoms with Crippen LogP contribution >= 0.6 is 0 Å². The van der Waals surface area contributed by atoms with Crippen molar-refractivity contribution in [1.29, 1.82) is 0 Å². The van der Waals surface area contributed by atoms with Crippen molar-refractivity contribution in [2.24, 2.45) is 5.41 Å². The lowest BCUT2D eigenvalue weighted by molar-refractivity contribution is 0.0601. The molecule has 0 aliphatic carbocycles. The van der Waals surface area contributed by atoms with Crippen molar-refractivity contribution in [2.75, 3.05) is 12.4 Å². The van der Waals surface area contributed by atoms with Crippen LogP contribution in [0.5, 0.6) is 0 Å². The third-order valence-corrected chi connectivity index (χ3v) is 4.34. The number of anilines is 2. The molecule has 140 valence electrons. The van der Waals surface area contributed by atoms with Crippen LogP contribution in [0, 0.1) is 5.41 Å². The van der Waals surface area contributed by atoms with E-state index in [0.717, 1.165) is 11.4 Å². The predicted octanol–water partition coefficient (Wildman–Crippen LogP) is 4.44. The van der Waals surface area contributed by atoms with Crippen LogP contribution in [0.4, 0.5) is 11.4 Å². The fraction of sp³-hybridized carbons (Fsp3) is 0.286. The lowest BCUT2D eigenvalue weighted by atomic mass is 9.82. The molecule has 1 unspecified atom stereocenters. The number of benzene rings is 2. The first-order valence-corrected chi connectivity index (χ1v) is 8.78. The third-order valence-electron chi connectivity index (χ3n) is 4.34. The van der Waals surface area contributed by atoms with Gasteiger partial charge in [-0.15, -0.1) is 0 Å². The first kappa shape index (κ1) is 18.6. The van der Waals surface area contributed by atoms with E-state index in [4.69, 9.17) is 4.74 Å². The van der Waals surface area contributed by atoms with Crippen LogP contribution in [-0.2, 0) is 4.74 Å². The third kappa shape index (κ3) is 4.34. The molecule has 1 atom stereocenters. The van der Waals surface area contributed by atoms with Gasteiger partial charge in [-0.25, -0.2) is 14.5 Å². The lowest BCUT2D eigenvalue weighted by Crippen LogP contribution is -2.26. The summed E-state index contributed by atoms with van der Waals surface area (Å²) in [5.41, 5.74) is 3.56. The molecule has 0 bridgehead atoms. The van der Waals surface area contributed by atoms with Crippen LogP contribution < -0.4 is 5.32 Å². The molecule has 0 saturated carbocycles. The SMILES string of the molecule is COC(=O)c1ccc(Nc2ccc(C(n3cncn3)C(C)(C)C)cc2)cc1. The fourth-order valence-corrected chi connectivity index (χ4v) is 3.12. The average Bonchev–Trinajstić information content (AvgIpc) is 3.16. The van der Waals surface area contributed by atoms with Gasteiger partial charge in [0.2, 0.25) is 0 Å². The van der Waals surface area contributed by atoms with E-state index in [1.807, 2.05) is 28.9 Å². The number of ether oxygens (including phenoxy) is 1. The quantitative estimate of drug-likeness (QED) is 0.678. The Morgan fingerprint density at radius 3 is 2.11 bits per heavy atom. The van der Waals surface area contributed by atoms with E-state index in [1.54, 1.807) is 24.8 Å². The van der Waals surface area contributed by atoms with Gasteiger partial charge in [-0.05, 0) is 47.4 Å². The molecular weight excluding hydrogens is 340 g/mol. The summed E-state index contributed by atoms with van der Waals surface area (Å²) >= 11 is 0. The Balaban J connectivity index is 1.77. The summed E-state index contributed by atoms with van der Waals surface area (Å²) in [4.78, 5) is 15.6. The number of rotatable bonds is 5. The second kappa shape index (κ2) is 7.61. The van der Waals surface area contributed by atoms with Gasteiger partial charge < -0.3 is 10.1 Å². The minimum absolute atomic E-state index is 0.00758. The Hall–Kier alpha value is -3.15. The van der Waals surface area contributed by atoms with Crippen molar-refractivity contribution in [1.82, 2.24) is 14.8 Å². The van der Waals surface area contributed by atoms with Gasteiger partial charge >= 0.3 is 5.97 Å². The van der Waals surface area contributed by atoms with Gasteiger partial charge in [0.1, 0.15) is 12.7 Å². The van der Waals surface area contributed by atoms with Crippen LogP contribution in [0.25, 0.3) is 0 Å². The van der Waals surface area contributed by atoms with E-state index in [0.29, 0.717) is 5.56 Å². The number of nitrogens with one attached hydrogen (secondary N) is 1. The molecule has 3 aromatic rings. The Kier molecular flexibility index (Phi) is 5.26. The highest BCUT2D eigenvalue weighted by Crippen LogP contribution is 2.36. The molecule has 0 amide bonds. The van der Waals surface area contributed by atoms with E-state index in [2.05, 4.69) is 48.3 Å². The summed E-state index contributed by atoms with van der Waals surface area (Å²) in [5.74, 6) is -0.341. The molecule has 1 heterocycles. The second-order valence-corrected chi connectivity index (χ2v) is 7.46. The van der Waals surface area contributed by atoms with Crippen LogP contribution in [-0.4, -0.2) is 27.8 Å². The predicted molar refractivity (Wildman–Crippen MR) is 105 cm³/mol. The van der Waals surface area contributed by atoms with Crippen molar-refractivity contribution in [3.63, 3.8) is 0 Å². The molecule has 1 aromatic heterocycles. The number of hydrogen-bond donors (Lipinski definition) is 1. The van der Waals surface area contributed by atoms with Gasteiger partial charge in [-0.3, -0.25) is 0 Å². The number of esters is 1. The van der Waals surface area contributed by atoms with Gasteiger partial charge in [0, 0.05) is 11.4 Å². The number of carbonyl (C=O) groups is 1. The zero-order valence-corrected chi connectivity index (χ0v) is 16.0. The molecular formula is C21H24N4O2. The van der Waals surface area contributed by atoms with Gasteiger partial charge in [0.05, 0.1) is 18.7 Å². The molecule has 6 heteroatoms. The highest BCUT2D eigenvalue weighted by Gasteiger charge is 2.28. The number of carbonyl (C=O) groups excluding carboxylic acids is 1. The maximum atomic E-state index is 11.5. The van der Waals surface area contributed by atoms with Crippen LogP contribution in [0.2, 0.25) is 0 Å². The fourth-order valence-electron chi connectivity index (χ4n) is 3.12. The molecule has 0 aliphatic rings. The maximum absolute atomic E-state index is 11.5. The van der Waals surface area contributed by atoms with Crippen LogP contribution in [0.1, 0.15) is 42.7 Å². The summed E-state index contributed by atoms with van der Waals surface area (Å²) in [6, 6.07) is 15.6. The van der Waals surface area contributed by atoms with Crippen molar-refractivity contribution in [3.05, 3.63) is 72.3 Å². The highest BCUT2D eigenvalue weighted by atomic mass is 16.5. The summed E-state index contributed by atoms with van der Waals surface area (Å²) in [6.07, 6.45) is 3.32. The van der Waals surface area contributed by atoms with Crippen molar-refractivity contribution in [3.8, 4) is 0 Å². The Morgan fingerprint density at radius 2 is 1.63 bits per heavy atom. The molecule has 6 nitrogen and oxygen atoms in total. The molecule has 27 heavy (non-hydrogen) atoms. The molecule has 0 saturated heterocycles. The zero-order valence-electron chi connectivity index (χ0n) is 16.0. The first-order chi connectivity index (χ1) is 12.9. The topological polar surface area (TPSA) is 69.0 Å². The number of hydrogen-bond acceptors (Lipinski definition) is 5. The highest BCUT2D eigenvalue weighted by molar-refractivity contribution is 5.89. The van der Waals surface area contributed by atoms with Crippen molar-refractivity contribution >= 4 is 17.3 Å². The Bertz CT molecular complexity index is 879. The van der Waals surface area contributed by atoms with Gasteiger partial charge in [0.25, 0.3) is 0 Å². The molecule has 0 spiro atoms. The largest absolute Gasteiger partial charge is 0.465 e. The molecule has 0 fully saturated rings. The number of methoxy groups -OCH3 is 1. The van der Waals surface area contributed by atoms with Crippen molar-refractivity contribution in [2.45, 2.75) is 26.8 Å². The van der Waals surface area contributed by atoms with E-state index < -0.39 is 0 Å². The minimum atomic E-state index is -0.341. The van der Waals surface area contributed by atoms with E-state index in [1.165, 1.54) is 12.7 Å². The monoisotopic (exact) mass is 364 g/mol.